The standard InChI is InChI=1S/C14H14N4O2/c1-2-20-13(19)11-8-12(10-6-4-3-5-7-10)18-14(17-11)15-9-16-18/h3-9,12H,2H2,1H3,(H,15,16,17). The molecule has 0 fully saturated rings. The molecule has 0 amide bonds. The smallest absolute Gasteiger partial charge is 0.354 e. The summed E-state index contributed by atoms with van der Waals surface area (Å²) in [5.74, 6) is 0.145. The highest BCUT2D eigenvalue weighted by molar-refractivity contribution is 5.92. The van der Waals surface area contributed by atoms with Gasteiger partial charge in [-0.3, -0.25) is 0 Å². The van der Waals surface area contributed by atoms with Crippen LogP contribution in [-0.4, -0.2) is 27.3 Å². The van der Waals surface area contributed by atoms with Crippen LogP contribution in [0.1, 0.15) is 18.5 Å². The number of fused-ring (bicyclic) bond motifs is 1. The molecule has 6 heteroatoms. The highest BCUT2D eigenvalue weighted by Crippen LogP contribution is 2.28. The highest BCUT2D eigenvalue weighted by Gasteiger charge is 2.26. The van der Waals surface area contributed by atoms with Gasteiger partial charge in [-0.1, -0.05) is 30.3 Å². The van der Waals surface area contributed by atoms with Crippen LogP contribution in [0.5, 0.6) is 0 Å². The predicted molar refractivity (Wildman–Crippen MR) is 72.9 cm³/mol. The Kier molecular flexibility index (Phi) is 3.20. The number of aromatic nitrogens is 3. The van der Waals surface area contributed by atoms with Gasteiger partial charge in [0.05, 0.1) is 6.61 Å². The molecule has 0 spiro atoms. The maximum atomic E-state index is 11.9. The number of carbonyl (C=O) groups excluding carboxylic acids is 1. The van der Waals surface area contributed by atoms with Crippen LogP contribution in [0.2, 0.25) is 0 Å². The van der Waals surface area contributed by atoms with Gasteiger partial charge < -0.3 is 10.1 Å². The minimum atomic E-state index is -0.386. The second kappa shape index (κ2) is 5.16. The molecule has 102 valence electrons. The summed E-state index contributed by atoms with van der Waals surface area (Å²) in [6.07, 6.45) is 3.26. The molecule has 1 aliphatic rings. The Labute approximate surface area is 116 Å². The fraction of sp³-hybridized carbons (Fsp3) is 0.214. The zero-order valence-electron chi connectivity index (χ0n) is 11.0. The molecule has 0 aliphatic carbocycles. The number of hydrogen-bond acceptors (Lipinski definition) is 5. The molecule has 6 nitrogen and oxygen atoms in total. The van der Waals surface area contributed by atoms with Gasteiger partial charge in [-0.2, -0.15) is 10.1 Å². The van der Waals surface area contributed by atoms with Gasteiger partial charge in [-0.15, -0.1) is 0 Å². The summed E-state index contributed by atoms with van der Waals surface area (Å²) in [7, 11) is 0. The van der Waals surface area contributed by atoms with E-state index in [1.807, 2.05) is 30.3 Å². The first-order valence-electron chi connectivity index (χ1n) is 6.40. The summed E-state index contributed by atoms with van der Waals surface area (Å²) >= 11 is 0. The summed E-state index contributed by atoms with van der Waals surface area (Å²) in [4.78, 5) is 16.0. The number of allylic oxidation sites excluding steroid dienone is 1. The predicted octanol–water partition coefficient (Wildman–Crippen LogP) is 1.74. The van der Waals surface area contributed by atoms with E-state index in [0.29, 0.717) is 18.3 Å². The van der Waals surface area contributed by atoms with Gasteiger partial charge in [0.2, 0.25) is 5.95 Å². The summed E-state index contributed by atoms with van der Waals surface area (Å²) in [5.41, 5.74) is 1.42. The lowest BCUT2D eigenvalue weighted by atomic mass is 10.0. The van der Waals surface area contributed by atoms with Crippen molar-refractivity contribution in [1.29, 1.82) is 0 Å². The number of nitrogens with one attached hydrogen (secondary N) is 1. The SMILES string of the molecule is CCOC(=O)C1=CC(c2ccccc2)n2ncnc2N1. The zero-order valence-corrected chi connectivity index (χ0v) is 11.0. The summed E-state index contributed by atoms with van der Waals surface area (Å²) in [6, 6.07) is 9.65. The fourth-order valence-corrected chi connectivity index (χ4v) is 2.15. The average Bonchev–Trinajstić information content (AvgIpc) is 2.95. The third kappa shape index (κ3) is 2.16. The molecule has 0 radical (unpaired) electrons. The van der Waals surface area contributed by atoms with Gasteiger partial charge >= 0.3 is 5.97 Å². The molecular formula is C14H14N4O2. The number of benzene rings is 1. The molecule has 1 unspecified atom stereocenters. The minimum absolute atomic E-state index is 0.172. The number of anilines is 1. The summed E-state index contributed by atoms with van der Waals surface area (Å²) in [5, 5.41) is 7.14. The Morgan fingerprint density at radius 2 is 2.20 bits per heavy atom. The van der Waals surface area contributed by atoms with Crippen LogP contribution in [-0.2, 0) is 9.53 Å². The molecular weight excluding hydrogens is 256 g/mol. The van der Waals surface area contributed by atoms with Crippen LogP contribution in [0.4, 0.5) is 5.95 Å². The summed E-state index contributed by atoms with van der Waals surface area (Å²) < 4.78 is 6.76. The van der Waals surface area contributed by atoms with E-state index in [-0.39, 0.29) is 12.0 Å². The third-order valence-electron chi connectivity index (χ3n) is 3.04. The van der Waals surface area contributed by atoms with E-state index in [1.54, 1.807) is 17.7 Å². The van der Waals surface area contributed by atoms with Crippen LogP contribution in [0.25, 0.3) is 0 Å². The Morgan fingerprint density at radius 3 is 2.95 bits per heavy atom. The minimum Gasteiger partial charge on any atom is -0.461 e. The van der Waals surface area contributed by atoms with Crippen molar-refractivity contribution >= 4 is 11.9 Å². The number of nitrogens with zero attached hydrogens (tertiary/aromatic N) is 3. The van der Waals surface area contributed by atoms with Crippen LogP contribution in [0, 0.1) is 0 Å². The van der Waals surface area contributed by atoms with Crippen molar-refractivity contribution < 1.29 is 9.53 Å². The van der Waals surface area contributed by atoms with Crippen molar-refractivity contribution in [2.45, 2.75) is 13.0 Å². The number of esters is 1. The monoisotopic (exact) mass is 270 g/mol. The zero-order chi connectivity index (χ0) is 13.9. The van der Waals surface area contributed by atoms with E-state index in [0.717, 1.165) is 5.56 Å². The maximum absolute atomic E-state index is 11.9. The van der Waals surface area contributed by atoms with E-state index < -0.39 is 0 Å². The van der Waals surface area contributed by atoms with Gasteiger partial charge in [0.25, 0.3) is 0 Å². The van der Waals surface area contributed by atoms with Crippen LogP contribution in [0.3, 0.4) is 0 Å². The molecule has 0 saturated heterocycles. The van der Waals surface area contributed by atoms with Crippen LogP contribution in [0.15, 0.2) is 48.4 Å². The molecule has 1 N–H and O–H groups in total. The molecule has 2 heterocycles. The number of carbonyl (C=O) groups is 1. The molecule has 2 aromatic rings. The van der Waals surface area contributed by atoms with E-state index in [9.17, 15) is 4.79 Å². The average molecular weight is 270 g/mol. The van der Waals surface area contributed by atoms with E-state index >= 15 is 0 Å². The maximum Gasteiger partial charge on any atom is 0.354 e. The second-order valence-electron chi connectivity index (χ2n) is 4.31. The Balaban J connectivity index is 2.01. The number of hydrogen-bond donors (Lipinski definition) is 1. The van der Waals surface area contributed by atoms with E-state index in [1.165, 1.54) is 6.33 Å². The van der Waals surface area contributed by atoms with Crippen molar-refractivity contribution in [2.75, 3.05) is 11.9 Å². The van der Waals surface area contributed by atoms with Crippen molar-refractivity contribution in [1.82, 2.24) is 14.8 Å². The Bertz CT molecular complexity index is 648. The normalized spacial score (nSPS) is 16.9. The van der Waals surface area contributed by atoms with Gasteiger partial charge in [0.1, 0.15) is 18.1 Å². The molecule has 0 bridgehead atoms. The number of ether oxygens (including phenoxy) is 1. The molecule has 1 atom stereocenters. The van der Waals surface area contributed by atoms with Crippen molar-refractivity contribution in [3.63, 3.8) is 0 Å². The fourth-order valence-electron chi connectivity index (χ4n) is 2.15. The Hall–Kier alpha value is -2.63. The molecule has 1 aromatic carbocycles. The third-order valence-corrected chi connectivity index (χ3v) is 3.04. The second-order valence-corrected chi connectivity index (χ2v) is 4.31. The lowest BCUT2D eigenvalue weighted by Crippen LogP contribution is -2.25. The van der Waals surface area contributed by atoms with E-state index in [2.05, 4.69) is 15.4 Å². The molecule has 20 heavy (non-hydrogen) atoms. The first kappa shape index (κ1) is 12.4. The summed E-state index contributed by atoms with van der Waals surface area (Å²) in [6.45, 7) is 2.11. The first-order valence-corrected chi connectivity index (χ1v) is 6.40. The molecule has 3 rings (SSSR count). The topological polar surface area (TPSA) is 69.0 Å². The van der Waals surface area contributed by atoms with Crippen molar-refractivity contribution in [3.05, 3.63) is 54.0 Å². The lowest BCUT2D eigenvalue weighted by molar-refractivity contribution is -0.138. The largest absolute Gasteiger partial charge is 0.461 e. The van der Waals surface area contributed by atoms with Gasteiger partial charge in [0, 0.05) is 0 Å². The lowest BCUT2D eigenvalue weighted by Gasteiger charge is -2.23. The first-order chi connectivity index (χ1) is 9.79. The molecule has 1 aromatic heterocycles. The van der Waals surface area contributed by atoms with Gasteiger partial charge in [0.15, 0.2) is 0 Å². The van der Waals surface area contributed by atoms with Crippen LogP contribution < -0.4 is 5.32 Å². The van der Waals surface area contributed by atoms with E-state index in [4.69, 9.17) is 4.74 Å². The van der Waals surface area contributed by atoms with Gasteiger partial charge in [-0.25, -0.2) is 9.48 Å². The quantitative estimate of drug-likeness (QED) is 0.860. The van der Waals surface area contributed by atoms with Crippen LogP contribution >= 0.6 is 0 Å². The van der Waals surface area contributed by atoms with Crippen molar-refractivity contribution in [2.24, 2.45) is 0 Å². The van der Waals surface area contributed by atoms with Crippen molar-refractivity contribution in [3.8, 4) is 0 Å². The molecule has 1 aliphatic heterocycles. The highest BCUT2D eigenvalue weighted by atomic mass is 16.5. The van der Waals surface area contributed by atoms with Gasteiger partial charge in [-0.05, 0) is 18.6 Å². The number of rotatable bonds is 3. The molecule has 0 saturated carbocycles. The Morgan fingerprint density at radius 1 is 1.40 bits per heavy atom.